The van der Waals surface area contributed by atoms with E-state index in [4.69, 9.17) is 5.11 Å². The summed E-state index contributed by atoms with van der Waals surface area (Å²) in [6.07, 6.45) is 5.81. The van der Waals surface area contributed by atoms with Crippen LogP contribution in [0.15, 0.2) is 29.2 Å². The smallest absolute Gasteiger partial charge is 0.335 e. The Kier molecular flexibility index (Phi) is 5.29. The third-order valence-electron chi connectivity index (χ3n) is 3.67. The first-order chi connectivity index (χ1) is 9.92. The van der Waals surface area contributed by atoms with Gasteiger partial charge in [0.2, 0.25) is 10.0 Å². The van der Waals surface area contributed by atoms with Gasteiger partial charge in [-0.3, -0.25) is 0 Å². The third kappa shape index (κ3) is 4.21. The van der Waals surface area contributed by atoms with Crippen molar-refractivity contribution in [3.8, 4) is 0 Å². The lowest BCUT2D eigenvalue weighted by atomic mass is 9.96. The average Bonchev–Trinajstić information content (AvgIpc) is 2.47. The van der Waals surface area contributed by atoms with Crippen molar-refractivity contribution in [3.63, 3.8) is 0 Å². The van der Waals surface area contributed by atoms with Crippen LogP contribution in [0.4, 0.5) is 0 Å². The van der Waals surface area contributed by atoms with Crippen LogP contribution < -0.4 is 4.72 Å². The molecule has 7 heteroatoms. The highest BCUT2D eigenvalue weighted by Gasteiger charge is 2.26. The van der Waals surface area contributed by atoms with Gasteiger partial charge in [-0.15, -0.1) is 0 Å². The Morgan fingerprint density at radius 1 is 1.38 bits per heavy atom. The quantitative estimate of drug-likeness (QED) is 0.866. The molecule has 1 saturated carbocycles. The van der Waals surface area contributed by atoms with Gasteiger partial charge in [0.15, 0.2) is 0 Å². The van der Waals surface area contributed by atoms with Crippen molar-refractivity contribution in [2.75, 3.05) is 6.26 Å². The summed E-state index contributed by atoms with van der Waals surface area (Å²) in [6, 6.07) is 5.37. The molecule has 0 bridgehead atoms. The van der Waals surface area contributed by atoms with Gasteiger partial charge in [-0.25, -0.2) is 17.9 Å². The lowest BCUT2D eigenvalue weighted by molar-refractivity contribution is 0.0696. The first kappa shape index (κ1) is 16.3. The van der Waals surface area contributed by atoms with Gasteiger partial charge in [0.1, 0.15) is 0 Å². The molecule has 2 unspecified atom stereocenters. The number of hydrogen-bond acceptors (Lipinski definition) is 4. The Labute approximate surface area is 129 Å². The molecule has 116 valence electrons. The minimum atomic E-state index is -3.67. The first-order valence-electron chi connectivity index (χ1n) is 6.81. The standard InChI is InChI=1S/C14H19NO4S2/c1-20-12-6-3-5-11(9-12)15-21(18,19)13-7-2-4-10(8-13)14(16)17/h2,4,7-8,11-12,15H,3,5-6,9H2,1H3,(H,16,17). The van der Waals surface area contributed by atoms with Crippen LogP contribution in [-0.4, -0.2) is 37.0 Å². The maximum Gasteiger partial charge on any atom is 0.335 e. The van der Waals surface area contributed by atoms with E-state index in [1.54, 1.807) is 11.8 Å². The van der Waals surface area contributed by atoms with Gasteiger partial charge in [-0.05, 0) is 43.7 Å². The van der Waals surface area contributed by atoms with Gasteiger partial charge in [0.25, 0.3) is 0 Å². The molecule has 0 aliphatic heterocycles. The van der Waals surface area contributed by atoms with E-state index >= 15 is 0 Å². The highest BCUT2D eigenvalue weighted by Crippen LogP contribution is 2.27. The molecule has 1 aromatic rings. The van der Waals surface area contributed by atoms with Gasteiger partial charge in [-0.1, -0.05) is 12.5 Å². The van der Waals surface area contributed by atoms with Gasteiger partial charge in [0.05, 0.1) is 10.5 Å². The van der Waals surface area contributed by atoms with Gasteiger partial charge >= 0.3 is 5.97 Å². The lowest BCUT2D eigenvalue weighted by Gasteiger charge is -2.28. The lowest BCUT2D eigenvalue weighted by Crippen LogP contribution is -2.39. The van der Waals surface area contributed by atoms with E-state index in [1.165, 1.54) is 24.3 Å². The van der Waals surface area contributed by atoms with E-state index in [-0.39, 0.29) is 16.5 Å². The third-order valence-corrected chi connectivity index (χ3v) is 6.29. The molecular formula is C14H19NO4S2. The number of carbonyl (C=O) groups is 1. The van der Waals surface area contributed by atoms with Crippen LogP contribution in [0, 0.1) is 0 Å². The summed E-state index contributed by atoms with van der Waals surface area (Å²) in [5, 5.41) is 9.43. The number of sulfonamides is 1. The van der Waals surface area contributed by atoms with Crippen LogP contribution in [0.2, 0.25) is 0 Å². The number of benzene rings is 1. The highest BCUT2D eigenvalue weighted by molar-refractivity contribution is 7.99. The highest BCUT2D eigenvalue weighted by atomic mass is 32.2. The van der Waals surface area contributed by atoms with Crippen molar-refractivity contribution >= 4 is 27.8 Å². The fraction of sp³-hybridized carbons (Fsp3) is 0.500. The fourth-order valence-corrected chi connectivity index (χ4v) is 4.71. The van der Waals surface area contributed by atoms with Crippen LogP contribution in [0.1, 0.15) is 36.0 Å². The zero-order valence-electron chi connectivity index (χ0n) is 11.8. The van der Waals surface area contributed by atoms with Crippen LogP contribution in [-0.2, 0) is 10.0 Å². The van der Waals surface area contributed by atoms with Gasteiger partial charge in [0, 0.05) is 11.3 Å². The van der Waals surface area contributed by atoms with Crippen LogP contribution in [0.5, 0.6) is 0 Å². The Balaban J connectivity index is 2.14. The zero-order valence-corrected chi connectivity index (χ0v) is 13.4. The van der Waals surface area contributed by atoms with Crippen molar-refractivity contribution in [1.29, 1.82) is 0 Å². The second-order valence-electron chi connectivity index (χ2n) is 5.18. The Morgan fingerprint density at radius 3 is 2.81 bits per heavy atom. The molecule has 1 fully saturated rings. The van der Waals surface area contributed by atoms with E-state index in [0.29, 0.717) is 5.25 Å². The molecule has 21 heavy (non-hydrogen) atoms. The average molecular weight is 329 g/mol. The molecular weight excluding hydrogens is 310 g/mol. The predicted molar refractivity (Wildman–Crippen MR) is 83.3 cm³/mol. The molecule has 1 aliphatic carbocycles. The SMILES string of the molecule is CSC1CCCC(NS(=O)(=O)c2cccc(C(=O)O)c2)C1. The second kappa shape index (κ2) is 6.81. The molecule has 2 N–H and O–H groups in total. The summed E-state index contributed by atoms with van der Waals surface area (Å²) in [4.78, 5) is 10.9. The van der Waals surface area contributed by atoms with Gasteiger partial charge in [-0.2, -0.15) is 11.8 Å². The molecule has 2 rings (SSSR count). The number of thioether (sulfide) groups is 1. The first-order valence-corrected chi connectivity index (χ1v) is 9.58. The summed E-state index contributed by atoms with van der Waals surface area (Å²) in [7, 11) is -3.67. The predicted octanol–water partition coefficient (Wildman–Crippen LogP) is 2.34. The number of nitrogens with one attached hydrogen (secondary N) is 1. The Morgan fingerprint density at radius 2 is 2.14 bits per heavy atom. The molecule has 1 aromatic carbocycles. The van der Waals surface area contributed by atoms with Crippen molar-refractivity contribution in [2.45, 2.75) is 41.9 Å². The van der Waals surface area contributed by atoms with Gasteiger partial charge < -0.3 is 5.11 Å². The minimum Gasteiger partial charge on any atom is -0.478 e. The fourth-order valence-electron chi connectivity index (χ4n) is 2.55. The van der Waals surface area contributed by atoms with E-state index in [9.17, 15) is 13.2 Å². The number of rotatable bonds is 5. The number of carboxylic acids is 1. The maximum absolute atomic E-state index is 12.4. The summed E-state index contributed by atoms with van der Waals surface area (Å²) in [6.45, 7) is 0. The monoisotopic (exact) mass is 329 g/mol. The Bertz CT molecular complexity index is 615. The van der Waals surface area contributed by atoms with Crippen LogP contribution in [0.3, 0.4) is 0 Å². The molecule has 0 heterocycles. The number of carboxylic acid groups (broad SMARTS) is 1. The number of hydrogen-bond donors (Lipinski definition) is 2. The minimum absolute atomic E-state index is 0.00803. The van der Waals surface area contributed by atoms with Crippen molar-refractivity contribution in [2.24, 2.45) is 0 Å². The van der Waals surface area contributed by atoms with Crippen LogP contribution in [0.25, 0.3) is 0 Å². The molecule has 5 nitrogen and oxygen atoms in total. The normalized spacial score (nSPS) is 22.9. The molecule has 0 amide bonds. The largest absolute Gasteiger partial charge is 0.478 e. The van der Waals surface area contributed by atoms with E-state index in [0.717, 1.165) is 25.7 Å². The summed E-state index contributed by atoms with van der Waals surface area (Å²) in [5.41, 5.74) is -0.0245. The second-order valence-corrected chi connectivity index (χ2v) is 8.03. The molecule has 1 aliphatic rings. The maximum atomic E-state index is 12.4. The topological polar surface area (TPSA) is 83.5 Å². The molecule has 0 spiro atoms. The number of aromatic carboxylic acids is 1. The van der Waals surface area contributed by atoms with E-state index < -0.39 is 16.0 Å². The van der Waals surface area contributed by atoms with Crippen molar-refractivity contribution < 1.29 is 18.3 Å². The summed E-state index contributed by atoms with van der Waals surface area (Å²) in [5.74, 6) is -1.13. The molecule has 0 aromatic heterocycles. The summed E-state index contributed by atoms with van der Waals surface area (Å²) >= 11 is 1.77. The van der Waals surface area contributed by atoms with Crippen molar-refractivity contribution in [3.05, 3.63) is 29.8 Å². The summed E-state index contributed by atoms with van der Waals surface area (Å²) < 4.78 is 27.4. The molecule has 0 saturated heterocycles. The zero-order chi connectivity index (χ0) is 15.5. The molecule has 0 radical (unpaired) electrons. The van der Waals surface area contributed by atoms with E-state index in [2.05, 4.69) is 4.72 Å². The van der Waals surface area contributed by atoms with Crippen LogP contribution >= 0.6 is 11.8 Å². The Hall–Kier alpha value is -1.05. The van der Waals surface area contributed by atoms with E-state index in [1.807, 2.05) is 6.26 Å². The van der Waals surface area contributed by atoms with Crippen molar-refractivity contribution in [1.82, 2.24) is 4.72 Å². The molecule has 2 atom stereocenters.